The molecular weight excluding hydrogens is 216 g/mol. The molecule has 1 N–H and O–H groups in total. The van der Waals surface area contributed by atoms with Crippen LogP contribution in [0.4, 0.5) is 0 Å². The average Bonchev–Trinajstić information content (AvgIpc) is 2.90. The maximum absolute atomic E-state index is 5.58. The molecule has 1 aliphatic rings. The van der Waals surface area contributed by atoms with Gasteiger partial charge in [0.15, 0.2) is 0 Å². The van der Waals surface area contributed by atoms with E-state index in [1.807, 2.05) is 25.4 Å². The summed E-state index contributed by atoms with van der Waals surface area (Å²) in [5, 5.41) is 3.27. The molecule has 0 radical (unpaired) electrons. The summed E-state index contributed by atoms with van der Waals surface area (Å²) in [5.41, 5.74) is 1.17. The molecule has 2 heterocycles. The van der Waals surface area contributed by atoms with E-state index in [-0.39, 0.29) is 6.04 Å². The molecule has 4 heteroatoms. The fourth-order valence-electron chi connectivity index (χ4n) is 1.91. The third-order valence-corrected chi connectivity index (χ3v) is 2.87. The highest BCUT2D eigenvalue weighted by Crippen LogP contribution is 2.17. The molecule has 1 atom stereocenters. The van der Waals surface area contributed by atoms with Crippen molar-refractivity contribution in [2.24, 2.45) is 0 Å². The average molecular weight is 234 g/mol. The fraction of sp³-hybridized carbons (Fsp3) is 0.462. The van der Waals surface area contributed by atoms with Gasteiger partial charge in [0.05, 0.1) is 19.8 Å². The Morgan fingerprint density at radius 3 is 2.94 bits per heavy atom. The monoisotopic (exact) mass is 234 g/mol. The molecule has 0 spiro atoms. The van der Waals surface area contributed by atoms with Crippen molar-refractivity contribution in [3.05, 3.63) is 35.7 Å². The van der Waals surface area contributed by atoms with Crippen molar-refractivity contribution in [2.75, 3.05) is 20.8 Å². The number of hydrogen-bond donors (Lipinski definition) is 1. The quantitative estimate of drug-likeness (QED) is 0.839. The number of methoxy groups -OCH3 is 1. The summed E-state index contributed by atoms with van der Waals surface area (Å²) >= 11 is 0. The number of hydrogen-bond acceptors (Lipinski definition) is 4. The summed E-state index contributed by atoms with van der Waals surface area (Å²) in [7, 11) is 3.57. The Hall–Kier alpha value is -1.55. The van der Waals surface area contributed by atoms with E-state index < -0.39 is 0 Å². The molecule has 0 fully saturated rings. The van der Waals surface area contributed by atoms with Crippen molar-refractivity contribution >= 4 is 0 Å². The molecule has 0 saturated carbocycles. The topological polar surface area (TPSA) is 43.4 Å². The first-order valence-electron chi connectivity index (χ1n) is 5.82. The maximum atomic E-state index is 5.58. The molecule has 0 aromatic carbocycles. The van der Waals surface area contributed by atoms with Crippen molar-refractivity contribution in [3.63, 3.8) is 0 Å². The maximum Gasteiger partial charge on any atom is 0.212 e. The largest absolute Gasteiger partial charge is 0.496 e. The molecule has 0 amide bonds. The summed E-state index contributed by atoms with van der Waals surface area (Å²) in [6.07, 6.45) is 5.88. The first kappa shape index (κ1) is 11.9. The Morgan fingerprint density at radius 1 is 1.53 bits per heavy atom. The van der Waals surface area contributed by atoms with Crippen LogP contribution in [0.25, 0.3) is 0 Å². The van der Waals surface area contributed by atoms with Crippen LogP contribution in [0.3, 0.4) is 0 Å². The van der Waals surface area contributed by atoms with Gasteiger partial charge in [-0.15, -0.1) is 0 Å². The van der Waals surface area contributed by atoms with Crippen molar-refractivity contribution in [2.45, 2.75) is 18.9 Å². The van der Waals surface area contributed by atoms with Gasteiger partial charge in [0, 0.05) is 18.7 Å². The number of nitrogens with zero attached hydrogens (tertiary/aromatic N) is 1. The number of aromatic nitrogens is 1. The number of ether oxygens (including phenoxy) is 2. The summed E-state index contributed by atoms with van der Waals surface area (Å²) in [4.78, 5) is 4.20. The van der Waals surface area contributed by atoms with Gasteiger partial charge in [0.25, 0.3) is 0 Å². The van der Waals surface area contributed by atoms with E-state index >= 15 is 0 Å². The van der Waals surface area contributed by atoms with Crippen molar-refractivity contribution in [1.82, 2.24) is 10.3 Å². The summed E-state index contributed by atoms with van der Waals surface area (Å²) in [6, 6.07) is 4.14. The second-order valence-corrected chi connectivity index (χ2v) is 4.00. The molecule has 1 aliphatic heterocycles. The minimum Gasteiger partial charge on any atom is -0.496 e. The number of pyridine rings is 1. The van der Waals surface area contributed by atoms with Crippen molar-refractivity contribution in [1.29, 1.82) is 0 Å². The number of nitrogens with one attached hydrogen (secondary N) is 1. The summed E-state index contributed by atoms with van der Waals surface area (Å²) in [5.74, 6) is 1.69. The van der Waals surface area contributed by atoms with Crippen LogP contribution in [0.5, 0.6) is 5.88 Å². The van der Waals surface area contributed by atoms with Gasteiger partial charge in [-0.2, -0.15) is 0 Å². The van der Waals surface area contributed by atoms with Gasteiger partial charge in [0.2, 0.25) is 5.88 Å². The second-order valence-electron chi connectivity index (χ2n) is 4.00. The van der Waals surface area contributed by atoms with Crippen LogP contribution >= 0.6 is 0 Å². The molecule has 1 aromatic rings. The molecular formula is C13H18N2O2. The minimum absolute atomic E-state index is 0.229. The molecule has 2 rings (SSSR count). The normalized spacial score (nSPS) is 16.2. The zero-order valence-electron chi connectivity index (χ0n) is 10.3. The van der Waals surface area contributed by atoms with Crippen LogP contribution in [0.2, 0.25) is 0 Å². The van der Waals surface area contributed by atoms with E-state index in [0.717, 1.165) is 25.2 Å². The van der Waals surface area contributed by atoms with E-state index in [2.05, 4.69) is 16.4 Å². The molecule has 92 valence electrons. The zero-order chi connectivity index (χ0) is 12.1. The Labute approximate surface area is 102 Å². The lowest BCUT2D eigenvalue weighted by Crippen LogP contribution is -2.30. The third-order valence-electron chi connectivity index (χ3n) is 2.87. The first-order valence-corrected chi connectivity index (χ1v) is 5.82. The van der Waals surface area contributed by atoms with E-state index in [1.54, 1.807) is 7.11 Å². The van der Waals surface area contributed by atoms with E-state index in [1.165, 1.54) is 5.56 Å². The third kappa shape index (κ3) is 2.97. The molecule has 4 nitrogen and oxygen atoms in total. The van der Waals surface area contributed by atoms with Gasteiger partial charge >= 0.3 is 0 Å². The predicted octanol–water partition coefficient (Wildman–Crippen LogP) is 1.52. The van der Waals surface area contributed by atoms with Crippen molar-refractivity contribution in [3.8, 4) is 5.88 Å². The van der Waals surface area contributed by atoms with E-state index in [0.29, 0.717) is 5.88 Å². The number of rotatable bonds is 5. The lowest BCUT2D eigenvalue weighted by molar-refractivity contribution is 0.217. The molecule has 0 aliphatic carbocycles. The highest BCUT2D eigenvalue weighted by atomic mass is 16.5. The molecule has 0 saturated heterocycles. The Bertz CT molecular complexity index is 387. The zero-order valence-corrected chi connectivity index (χ0v) is 10.3. The van der Waals surface area contributed by atoms with Gasteiger partial charge in [-0.25, -0.2) is 4.98 Å². The van der Waals surface area contributed by atoms with Gasteiger partial charge in [-0.3, -0.25) is 0 Å². The SMILES string of the molecule is CNC(Cc1ccc(OC)nc1)C1=CCCO1. The Kier molecular flexibility index (Phi) is 3.98. The minimum atomic E-state index is 0.229. The molecule has 17 heavy (non-hydrogen) atoms. The van der Waals surface area contributed by atoms with Crippen LogP contribution in [0, 0.1) is 0 Å². The highest BCUT2D eigenvalue weighted by molar-refractivity contribution is 5.21. The van der Waals surface area contributed by atoms with Crippen LogP contribution in [-0.4, -0.2) is 31.8 Å². The van der Waals surface area contributed by atoms with Crippen molar-refractivity contribution < 1.29 is 9.47 Å². The molecule has 1 aromatic heterocycles. The lowest BCUT2D eigenvalue weighted by atomic mass is 10.1. The van der Waals surface area contributed by atoms with Crippen LogP contribution < -0.4 is 10.1 Å². The van der Waals surface area contributed by atoms with E-state index in [9.17, 15) is 0 Å². The molecule has 1 unspecified atom stereocenters. The first-order chi connectivity index (χ1) is 8.33. The number of likely N-dealkylation sites (N-methyl/N-ethyl adjacent to an activating group) is 1. The van der Waals surface area contributed by atoms with Gasteiger partial charge in [-0.1, -0.05) is 6.07 Å². The smallest absolute Gasteiger partial charge is 0.212 e. The van der Waals surface area contributed by atoms with E-state index in [4.69, 9.17) is 9.47 Å². The fourth-order valence-corrected chi connectivity index (χ4v) is 1.91. The van der Waals surface area contributed by atoms with Crippen LogP contribution in [-0.2, 0) is 11.2 Å². The van der Waals surface area contributed by atoms with Crippen LogP contribution in [0.1, 0.15) is 12.0 Å². The Morgan fingerprint density at radius 2 is 2.41 bits per heavy atom. The standard InChI is InChI=1S/C13H18N2O2/c1-14-11(12-4-3-7-17-12)8-10-5-6-13(16-2)15-9-10/h4-6,9,11,14H,3,7-8H2,1-2H3. The predicted molar refractivity (Wildman–Crippen MR) is 66.0 cm³/mol. The van der Waals surface area contributed by atoms with Crippen LogP contribution in [0.15, 0.2) is 30.2 Å². The van der Waals surface area contributed by atoms with Gasteiger partial charge in [0.1, 0.15) is 5.76 Å². The van der Waals surface area contributed by atoms with Gasteiger partial charge in [-0.05, 0) is 25.1 Å². The highest BCUT2D eigenvalue weighted by Gasteiger charge is 2.17. The second kappa shape index (κ2) is 5.68. The summed E-state index contributed by atoms with van der Waals surface area (Å²) < 4.78 is 10.6. The lowest BCUT2D eigenvalue weighted by Gasteiger charge is -2.17. The van der Waals surface area contributed by atoms with Gasteiger partial charge < -0.3 is 14.8 Å². The summed E-state index contributed by atoms with van der Waals surface area (Å²) in [6.45, 7) is 0.800. The Balaban J connectivity index is 2.02. The molecule has 0 bridgehead atoms.